The van der Waals surface area contributed by atoms with Gasteiger partial charge in [0, 0.05) is 142 Å². The Morgan fingerprint density at radius 1 is 0.723 bits per heavy atom. The first-order chi connectivity index (χ1) is 67.9. The predicted octanol–water partition coefficient (Wildman–Crippen LogP) is 9.59. The molecule has 16 atom stereocenters. The molecule has 3 amide bonds. The van der Waals surface area contributed by atoms with E-state index in [1.54, 1.807) is 60.4 Å². The number of nitrogen functional groups attached to an aromatic ring is 2. The van der Waals surface area contributed by atoms with Crippen LogP contribution in [0.1, 0.15) is 184 Å². The van der Waals surface area contributed by atoms with E-state index in [1.165, 1.54) is 43.3 Å². The van der Waals surface area contributed by atoms with E-state index >= 15 is 0 Å². The number of hydrogen-bond acceptors (Lipinski definition) is 34. The topological polar surface area (TPSA) is 488 Å². The van der Waals surface area contributed by atoms with Crippen LogP contribution in [0.3, 0.4) is 0 Å². The minimum absolute atomic E-state index is 0.0157. The summed E-state index contributed by atoms with van der Waals surface area (Å²) in [6, 6.07) is 10.5. The zero-order valence-electron chi connectivity index (χ0n) is 83.4. The van der Waals surface area contributed by atoms with Gasteiger partial charge in [-0.05, 0) is 167 Å². The zero-order chi connectivity index (χ0) is 101. The lowest BCUT2D eigenvalue weighted by molar-refractivity contribution is -0.265. The van der Waals surface area contributed by atoms with Crippen LogP contribution in [0.25, 0.3) is 33.4 Å². The number of aliphatic hydroxyl groups excluding tert-OH is 2. The molecule has 0 radical (unpaired) electrons. The summed E-state index contributed by atoms with van der Waals surface area (Å²) in [4.78, 5) is 148. The number of piperazine rings is 1. The zero-order valence-corrected chi connectivity index (χ0v) is 83.4. The highest BCUT2D eigenvalue weighted by atomic mass is 16.6. The molecule has 3 saturated heterocycles. The molecule has 2 bridgehead atoms. The van der Waals surface area contributed by atoms with Gasteiger partial charge in [0.25, 0.3) is 23.6 Å². The number of fused-ring (bicyclic) bond motifs is 6. The Morgan fingerprint density at radius 3 is 2.16 bits per heavy atom. The third kappa shape index (κ3) is 29.0. The van der Waals surface area contributed by atoms with Gasteiger partial charge >= 0.3 is 11.9 Å². The molecule has 0 spiro atoms. The van der Waals surface area contributed by atoms with Gasteiger partial charge in [0.2, 0.25) is 23.6 Å². The van der Waals surface area contributed by atoms with E-state index in [-0.39, 0.29) is 86.1 Å². The van der Waals surface area contributed by atoms with Crippen molar-refractivity contribution in [2.75, 3.05) is 142 Å². The van der Waals surface area contributed by atoms with E-state index in [9.17, 15) is 53.7 Å². The second kappa shape index (κ2) is 52.6. The van der Waals surface area contributed by atoms with Crippen LogP contribution in [-0.2, 0) is 107 Å². The van der Waals surface area contributed by atoms with Gasteiger partial charge in [-0.15, -0.1) is 0 Å². The molecule has 5 aromatic heterocycles. The number of rotatable bonds is 31. The van der Waals surface area contributed by atoms with Gasteiger partial charge in [-0.1, -0.05) is 96.2 Å². The van der Waals surface area contributed by atoms with Crippen LogP contribution in [0.2, 0.25) is 0 Å². The largest absolute Gasteiger partial charge is 0.460 e. The van der Waals surface area contributed by atoms with Gasteiger partial charge in [0.05, 0.1) is 101 Å². The van der Waals surface area contributed by atoms with Gasteiger partial charge in [-0.2, -0.15) is 10.1 Å². The molecule has 1 saturated carbocycles. The molecule has 4 fully saturated rings. The van der Waals surface area contributed by atoms with Crippen molar-refractivity contribution < 1.29 is 105 Å². The summed E-state index contributed by atoms with van der Waals surface area (Å²) in [5.74, 6) is -8.05. The Balaban J connectivity index is 0.000000308. The fourth-order valence-corrected chi connectivity index (χ4v) is 19.3. The highest BCUT2D eigenvalue weighted by molar-refractivity contribution is 6.39. The van der Waals surface area contributed by atoms with Crippen molar-refractivity contribution in [1.82, 2.24) is 59.8 Å². The monoisotopic (exact) mass is 1960 g/mol. The number of carbonyl (C=O) groups excluding carboxylic acids is 8. The number of oxazole rings is 1. The molecule has 1 unspecified atom stereocenters. The fourth-order valence-electron chi connectivity index (χ4n) is 19.3. The molecule has 38 heteroatoms. The lowest BCUT2D eigenvalue weighted by atomic mass is 9.78. The number of ether oxygens (including phenoxy) is 10. The first-order valence-electron chi connectivity index (χ1n) is 49.4. The molecule has 7 aromatic rings. The summed E-state index contributed by atoms with van der Waals surface area (Å²) in [7, 11) is 6.03. The Morgan fingerprint density at radius 2 is 1.45 bits per heavy atom. The summed E-state index contributed by atoms with van der Waals surface area (Å²) in [5, 5.41) is 42.2. The number of anilines is 4. The lowest BCUT2D eigenvalue weighted by Gasteiger charge is -2.42. The highest BCUT2D eigenvalue weighted by Crippen LogP contribution is 2.41. The minimum Gasteiger partial charge on any atom is -0.460 e. The molecule has 766 valence electrons. The van der Waals surface area contributed by atoms with E-state index in [2.05, 4.69) is 65.3 Å². The normalized spacial score (nSPS) is 26.5. The number of piperidine rings is 1. The van der Waals surface area contributed by atoms with E-state index in [0.717, 1.165) is 41.7 Å². The van der Waals surface area contributed by atoms with Gasteiger partial charge in [-0.3, -0.25) is 33.6 Å². The van der Waals surface area contributed by atoms with E-state index in [0.29, 0.717) is 218 Å². The van der Waals surface area contributed by atoms with Crippen molar-refractivity contribution >= 4 is 92.9 Å². The number of hydrogen-bond donors (Lipinski definition) is 6. The van der Waals surface area contributed by atoms with Crippen LogP contribution < -0.4 is 26.6 Å². The van der Waals surface area contributed by atoms with Crippen molar-refractivity contribution in [3.8, 4) is 11.3 Å². The molecule has 10 heterocycles. The standard InChI is InChI=1S/C69H100N8O16.C34H42N8O6/c1-41-17-13-12-14-18-42(2)56(88-9)33-52-23-20-47(7)69(87,93-52)63(83)65(85)77-26-16-15-19-53(77)66(86)92-57(34-54(79)43(3)30-46(6)61(82)62(90-11)60(81)45(5)29-41)44(4)31-48-21-24-55(58(32-48)89-10)91-59(80)25-22-49-35-71-68(72-36-49)76-28-27-75(39-51(76)40-78)67-73-37-50(38-74-67)64(84)70-8;1-2-10-44-12-14-46-16-17-47-15-13-45-11-8-29(43)41-9-7-24-18-23(3-4-26(24)21-41)20-42-33-30(32(35)37-22-38-33)31(40-42)25-5-6-28-27(19-25)39-34(36)48-28/h12-14,17-18,30,35-38,41,43-45,47-48,51-53,55-58,61-62,78,82,87H,15-16,19-29,31-34,39-40H2,1-11H3,(H,70,84);3-6,18-19,22H,2,7-17,20-21H2,1H3,(H2,36,39)(H2,35,37,38)/b14-12+,17-13+,42-18+,46-30+;/t41-,43-,44-,45-,47-,48+,51?,52+,53+,55-,56+,57+,58-,61-,62+,69-;/m1./s1. The predicted molar refractivity (Wildman–Crippen MR) is 525 cm³/mol. The average molecular weight is 1960 g/mol. The number of nitrogens with one attached hydrogen (secondary N) is 1. The Labute approximate surface area is 823 Å². The van der Waals surface area contributed by atoms with Crippen molar-refractivity contribution in [2.24, 2.45) is 35.5 Å². The minimum atomic E-state index is -2.48. The number of esters is 2. The number of amides is 3. The van der Waals surface area contributed by atoms with Gasteiger partial charge in [-0.25, -0.2) is 39.4 Å². The average Bonchev–Trinajstić information content (AvgIpc) is 1.71. The molecule has 13 rings (SSSR count). The van der Waals surface area contributed by atoms with Crippen LogP contribution in [0, 0.1) is 35.5 Å². The summed E-state index contributed by atoms with van der Waals surface area (Å²) in [6.45, 7) is 21.9. The number of nitrogens with zero attached hydrogens (tertiary/aromatic N) is 13. The molecule has 2 aromatic carbocycles. The number of benzene rings is 2. The molecule has 1 aliphatic carbocycles. The maximum atomic E-state index is 14.7. The number of ketones is 3. The molecule has 38 nitrogen and oxygen atoms in total. The Kier molecular flexibility index (Phi) is 40.5. The van der Waals surface area contributed by atoms with E-state index in [1.807, 2.05) is 88.7 Å². The van der Waals surface area contributed by atoms with Crippen molar-refractivity contribution in [2.45, 2.75) is 238 Å². The van der Waals surface area contributed by atoms with Crippen molar-refractivity contribution in [1.29, 1.82) is 0 Å². The van der Waals surface area contributed by atoms with Gasteiger partial charge in [0.1, 0.15) is 59.6 Å². The Bertz CT molecular complexity index is 5480. The number of aromatic nitrogens is 9. The maximum Gasteiger partial charge on any atom is 0.329 e. The molecule has 8 N–H and O–H groups in total. The summed E-state index contributed by atoms with van der Waals surface area (Å²) in [5.41, 5.74) is 21.1. The quantitative estimate of drug-likeness (QED) is 0.0102. The van der Waals surface area contributed by atoms with Crippen LogP contribution in [0.15, 0.2) is 120 Å². The number of aryl methyl sites for hydroxylation is 1. The van der Waals surface area contributed by atoms with Crippen molar-refractivity contribution in [3.63, 3.8) is 0 Å². The second-order valence-electron chi connectivity index (χ2n) is 37.8. The van der Waals surface area contributed by atoms with Crippen LogP contribution >= 0.6 is 0 Å². The molecule has 6 aliphatic rings. The third-order valence-electron chi connectivity index (χ3n) is 27.5. The van der Waals surface area contributed by atoms with Crippen LogP contribution in [0.5, 0.6) is 0 Å². The lowest BCUT2D eigenvalue weighted by Crippen LogP contribution is -2.61. The smallest absolute Gasteiger partial charge is 0.329 e. The van der Waals surface area contributed by atoms with Crippen LogP contribution in [-0.4, -0.2) is 298 Å². The molecular formula is C103H142N16O22. The highest BCUT2D eigenvalue weighted by Gasteiger charge is 2.54. The summed E-state index contributed by atoms with van der Waals surface area (Å²) in [6.07, 6.45) is 20.2. The van der Waals surface area contributed by atoms with Crippen LogP contribution in [0.4, 0.5) is 23.7 Å². The fraction of sp³-hybridized carbons (Fsp3) is 0.592. The molecular weight excluding hydrogens is 1810 g/mol. The van der Waals surface area contributed by atoms with Gasteiger partial charge in [0.15, 0.2) is 17.0 Å². The van der Waals surface area contributed by atoms with E-state index < -0.39 is 102 Å². The number of methoxy groups -OCH3 is 3. The number of allylic oxidation sites excluding steroid dienone is 6. The number of nitrogens with two attached hydrogens (primary N) is 2. The second-order valence-corrected chi connectivity index (χ2v) is 37.8. The summed E-state index contributed by atoms with van der Waals surface area (Å²) < 4.78 is 65.4. The number of carbonyl (C=O) groups is 8. The number of aliphatic hydroxyl groups is 3. The first kappa shape index (κ1) is 109. The van der Waals surface area contributed by atoms with Crippen molar-refractivity contribution in [3.05, 3.63) is 143 Å². The number of Topliss-reactive ketones (excluding diaryl/α,β-unsaturated/α-hetero) is 3. The molecule has 5 aliphatic heterocycles. The summed E-state index contributed by atoms with van der Waals surface area (Å²) >= 11 is 0. The SMILES string of the molecule is CCCOCCOCCOCCOCCC(=O)N1CCc2cc(Cn3nc(-c4ccc5oc(N)nc5c4)c4c(N)ncnc43)ccc2C1.CNC(=O)c1cnc(N2CCN(c3ncc(CCC(=O)O[C@@H]4CC[C@@H](C[C@@H](C)[C@@H]5CC(=O)[C@H](C)/C=C(\C)[C@@H](O)[C@@H](OC)C(=O)[C@H](C)C[C@H](C)/C=C/C=C/C=C(\C)[C@@H](OC)C[C@@H]6CC[C@@H](C)[C@@](O)(O6)C(=O)C(=O)N6CCCC[C@H]6C(=O)O5)C[C@H]4OC)cn3)C(CO)C2)nc1. The third-order valence-corrected chi connectivity index (χ3v) is 27.5. The van der Waals surface area contributed by atoms with E-state index in [4.69, 9.17) is 68.4 Å². The first-order valence-corrected chi connectivity index (χ1v) is 49.4. The molecule has 141 heavy (non-hydrogen) atoms. The maximum absolute atomic E-state index is 14.7. The Hall–Kier alpha value is -11.3. The number of cyclic esters (lactones) is 1. The van der Waals surface area contributed by atoms with Gasteiger partial charge < -0.3 is 103 Å².